The molecule has 0 radical (unpaired) electrons. The normalized spacial score (nSPS) is 24.1. The predicted molar refractivity (Wildman–Crippen MR) is 106 cm³/mol. The molecule has 0 amide bonds. The molecule has 2 aliphatic heterocycles. The molecule has 0 saturated heterocycles. The summed E-state index contributed by atoms with van der Waals surface area (Å²) in [6.45, 7) is 0.539. The fourth-order valence-corrected chi connectivity index (χ4v) is 3.63. The van der Waals surface area contributed by atoms with Gasteiger partial charge in [-0.15, -0.1) is 10.2 Å². The van der Waals surface area contributed by atoms with E-state index in [2.05, 4.69) is 20.4 Å². The summed E-state index contributed by atoms with van der Waals surface area (Å²) in [5.41, 5.74) is 3.69. The van der Waals surface area contributed by atoms with Gasteiger partial charge in [0.1, 0.15) is 34.8 Å². The SMILES string of the molecule is C[SH]1C=NN=C1COc1cc(OCC2=NN=C[SH]2C)cc(C(=O)O)c1. The topological polar surface area (TPSA) is 105 Å². The maximum absolute atomic E-state index is 11.3. The van der Waals surface area contributed by atoms with Gasteiger partial charge in [-0.3, -0.25) is 0 Å². The van der Waals surface area contributed by atoms with Crippen LogP contribution in [0.3, 0.4) is 0 Å². The van der Waals surface area contributed by atoms with Crippen LogP contribution in [0.15, 0.2) is 38.6 Å². The first-order valence-electron chi connectivity index (χ1n) is 7.32. The molecule has 0 aliphatic carbocycles. The number of ether oxygens (including phenoxy) is 2. The van der Waals surface area contributed by atoms with Crippen molar-refractivity contribution >= 4 is 48.9 Å². The summed E-state index contributed by atoms with van der Waals surface area (Å²) < 4.78 is 11.4. The van der Waals surface area contributed by atoms with E-state index in [1.807, 2.05) is 12.5 Å². The van der Waals surface area contributed by atoms with E-state index in [0.717, 1.165) is 10.1 Å². The lowest BCUT2D eigenvalue weighted by atomic mass is 10.2. The Labute approximate surface area is 150 Å². The standard InChI is InChI=1S/C15H18N4O4S2/c1-24-8-16-18-13(24)6-22-11-3-10(15(20)21)4-12(5-11)23-7-14-19-17-9-25(14)2/h3-5,8-9,24-25H,6-7H2,1-2H3,(H,20,21). The Morgan fingerprint density at radius 3 is 1.80 bits per heavy atom. The van der Waals surface area contributed by atoms with Crippen LogP contribution in [0.4, 0.5) is 0 Å². The number of rotatable bonds is 7. The lowest BCUT2D eigenvalue weighted by Gasteiger charge is -2.14. The average Bonchev–Trinajstić information content (AvgIpc) is 3.19. The van der Waals surface area contributed by atoms with Gasteiger partial charge in [-0.05, 0) is 24.6 Å². The minimum absolute atomic E-state index is 0.0965. The minimum Gasteiger partial charge on any atom is -0.487 e. The Bertz CT molecular complexity index is 750. The van der Waals surface area contributed by atoms with Crippen molar-refractivity contribution in [2.24, 2.45) is 20.4 Å². The maximum atomic E-state index is 11.3. The predicted octanol–water partition coefficient (Wildman–Crippen LogP) is 2.12. The molecule has 2 atom stereocenters. The van der Waals surface area contributed by atoms with E-state index >= 15 is 0 Å². The van der Waals surface area contributed by atoms with Crippen molar-refractivity contribution in [3.05, 3.63) is 23.8 Å². The third kappa shape index (κ3) is 4.40. The number of carboxylic acid groups (broad SMARTS) is 1. The zero-order valence-corrected chi connectivity index (χ0v) is 15.4. The zero-order valence-electron chi connectivity index (χ0n) is 13.7. The lowest BCUT2D eigenvalue weighted by molar-refractivity contribution is 0.0696. The number of thiol groups is 2. The first-order valence-corrected chi connectivity index (χ1v) is 11.0. The number of hydrogen-bond donors (Lipinski definition) is 3. The second-order valence-corrected chi connectivity index (χ2v) is 9.23. The summed E-state index contributed by atoms with van der Waals surface area (Å²) in [5.74, 6) is -0.221. The number of carboxylic acids is 1. The summed E-state index contributed by atoms with van der Waals surface area (Å²) in [5, 5.41) is 26.8. The monoisotopic (exact) mass is 382 g/mol. The van der Waals surface area contributed by atoms with Crippen molar-refractivity contribution in [3.63, 3.8) is 0 Å². The molecule has 10 heteroatoms. The van der Waals surface area contributed by atoms with Crippen LogP contribution >= 0.6 is 21.8 Å². The van der Waals surface area contributed by atoms with Crippen molar-refractivity contribution in [2.45, 2.75) is 0 Å². The highest BCUT2D eigenvalue weighted by atomic mass is 32.2. The number of aromatic carboxylic acids is 1. The van der Waals surface area contributed by atoms with Crippen LogP contribution in [0.5, 0.6) is 11.5 Å². The highest BCUT2D eigenvalue weighted by Gasteiger charge is 2.15. The van der Waals surface area contributed by atoms with Crippen LogP contribution in [-0.2, 0) is 0 Å². The molecule has 2 aliphatic rings. The van der Waals surface area contributed by atoms with Crippen LogP contribution in [0.2, 0.25) is 0 Å². The molecule has 2 heterocycles. The van der Waals surface area contributed by atoms with Gasteiger partial charge in [0.25, 0.3) is 0 Å². The molecule has 0 saturated carbocycles. The number of hydrogen-bond acceptors (Lipinski definition) is 7. The van der Waals surface area contributed by atoms with Gasteiger partial charge >= 0.3 is 5.97 Å². The molecular weight excluding hydrogens is 364 g/mol. The Morgan fingerprint density at radius 1 is 0.960 bits per heavy atom. The van der Waals surface area contributed by atoms with Crippen LogP contribution in [-0.4, -0.2) is 58.0 Å². The lowest BCUT2D eigenvalue weighted by Crippen LogP contribution is -2.12. The maximum Gasteiger partial charge on any atom is 0.335 e. The van der Waals surface area contributed by atoms with E-state index in [0.29, 0.717) is 11.5 Å². The van der Waals surface area contributed by atoms with Gasteiger partial charge in [0.05, 0.1) is 16.7 Å². The van der Waals surface area contributed by atoms with E-state index in [1.54, 1.807) is 17.2 Å². The largest absolute Gasteiger partial charge is 0.487 e. The molecule has 3 rings (SSSR count). The van der Waals surface area contributed by atoms with Crippen molar-refractivity contribution < 1.29 is 19.4 Å². The van der Waals surface area contributed by atoms with Gasteiger partial charge in [-0.1, -0.05) is 0 Å². The fraction of sp³-hybridized carbons (Fsp3) is 0.267. The van der Waals surface area contributed by atoms with Gasteiger partial charge in [-0.25, -0.2) is 4.79 Å². The molecule has 1 aromatic carbocycles. The Kier molecular flexibility index (Phi) is 5.39. The molecule has 2 unspecified atom stereocenters. The summed E-state index contributed by atoms with van der Waals surface area (Å²) >= 11 is 0. The Hall–Kier alpha value is -2.33. The first-order chi connectivity index (χ1) is 12.0. The van der Waals surface area contributed by atoms with Crippen molar-refractivity contribution in [3.8, 4) is 11.5 Å². The fourth-order valence-electron chi connectivity index (χ4n) is 2.03. The van der Waals surface area contributed by atoms with E-state index in [1.165, 1.54) is 12.1 Å². The smallest absolute Gasteiger partial charge is 0.335 e. The second-order valence-electron chi connectivity index (χ2n) is 5.29. The summed E-state index contributed by atoms with van der Waals surface area (Å²) in [6.07, 6.45) is 4.06. The van der Waals surface area contributed by atoms with Crippen LogP contribution < -0.4 is 9.47 Å². The molecular formula is C15H18N4O4S2. The van der Waals surface area contributed by atoms with Crippen molar-refractivity contribution in [2.75, 3.05) is 25.7 Å². The second kappa shape index (κ2) is 7.70. The molecule has 0 bridgehead atoms. The molecule has 25 heavy (non-hydrogen) atoms. The zero-order chi connectivity index (χ0) is 17.8. The highest BCUT2D eigenvalue weighted by molar-refractivity contribution is 8.40. The Balaban J connectivity index is 1.69. The van der Waals surface area contributed by atoms with E-state index in [9.17, 15) is 9.90 Å². The quantitative estimate of drug-likeness (QED) is 0.628. The van der Waals surface area contributed by atoms with E-state index < -0.39 is 27.8 Å². The minimum atomic E-state index is -1.05. The number of benzene rings is 1. The number of carbonyl (C=O) groups is 1. The Morgan fingerprint density at radius 2 is 1.44 bits per heavy atom. The van der Waals surface area contributed by atoms with E-state index in [-0.39, 0.29) is 18.8 Å². The van der Waals surface area contributed by atoms with Crippen LogP contribution in [0, 0.1) is 0 Å². The molecule has 134 valence electrons. The molecule has 0 aromatic heterocycles. The van der Waals surface area contributed by atoms with Gasteiger partial charge in [0, 0.05) is 6.07 Å². The molecule has 1 aromatic rings. The van der Waals surface area contributed by atoms with Crippen LogP contribution in [0.25, 0.3) is 0 Å². The average molecular weight is 382 g/mol. The summed E-state index contributed by atoms with van der Waals surface area (Å²) in [7, 11) is -1.02. The van der Waals surface area contributed by atoms with Gasteiger partial charge in [0.2, 0.25) is 0 Å². The third-order valence-corrected chi connectivity index (χ3v) is 6.44. The van der Waals surface area contributed by atoms with Crippen molar-refractivity contribution in [1.82, 2.24) is 0 Å². The van der Waals surface area contributed by atoms with E-state index in [4.69, 9.17) is 9.47 Å². The summed E-state index contributed by atoms with van der Waals surface area (Å²) in [4.78, 5) is 11.3. The molecule has 0 fully saturated rings. The van der Waals surface area contributed by atoms with Crippen LogP contribution in [0.1, 0.15) is 10.4 Å². The number of nitrogens with zero attached hydrogens (tertiary/aromatic N) is 4. The summed E-state index contributed by atoms with van der Waals surface area (Å²) in [6, 6.07) is 4.59. The van der Waals surface area contributed by atoms with Gasteiger partial charge in [0.15, 0.2) is 0 Å². The highest BCUT2D eigenvalue weighted by Crippen LogP contribution is 2.28. The van der Waals surface area contributed by atoms with Gasteiger partial charge in [-0.2, -0.15) is 32.0 Å². The van der Waals surface area contributed by atoms with Crippen molar-refractivity contribution in [1.29, 1.82) is 0 Å². The third-order valence-electron chi connectivity index (χ3n) is 3.47. The molecule has 8 nitrogen and oxygen atoms in total. The molecule has 0 spiro atoms. The molecule has 1 N–H and O–H groups in total. The van der Waals surface area contributed by atoms with Gasteiger partial charge < -0.3 is 14.6 Å². The first kappa shape index (κ1) is 17.5.